The lowest BCUT2D eigenvalue weighted by Crippen LogP contribution is -2.48. The van der Waals surface area contributed by atoms with Crippen LogP contribution in [0.1, 0.15) is 60.3 Å². The maximum Gasteiger partial charge on any atom is 0.173 e. The molecule has 34 heavy (non-hydrogen) atoms. The number of hydrogen-bond donors (Lipinski definition) is 0. The van der Waals surface area contributed by atoms with E-state index in [2.05, 4.69) is 74.2 Å². The first-order valence-electron chi connectivity index (χ1n) is 12.1. The third-order valence-electron chi connectivity index (χ3n) is 7.25. The van der Waals surface area contributed by atoms with Crippen LogP contribution in [-0.4, -0.2) is 58.4 Å². The van der Waals surface area contributed by atoms with Crippen LogP contribution < -0.4 is 9.64 Å². The number of ether oxygens (including phenoxy) is 1. The smallest absolute Gasteiger partial charge is 0.173 e. The van der Waals surface area contributed by atoms with Gasteiger partial charge < -0.3 is 9.64 Å². The Morgan fingerprint density at radius 1 is 0.941 bits per heavy atom. The molecular formula is C26H35ClN6O. The highest BCUT2D eigenvalue weighted by Crippen LogP contribution is 2.35. The zero-order chi connectivity index (χ0) is 22.8. The molecule has 1 unspecified atom stereocenters. The molecule has 3 aromatic rings. The number of piperazine rings is 1. The highest BCUT2D eigenvalue weighted by Gasteiger charge is 2.33. The number of aryl methyl sites for hydroxylation is 2. The average molecular weight is 483 g/mol. The van der Waals surface area contributed by atoms with Gasteiger partial charge in [-0.3, -0.25) is 4.90 Å². The van der Waals surface area contributed by atoms with Gasteiger partial charge in [-0.1, -0.05) is 37.1 Å². The minimum absolute atomic E-state index is 0. The van der Waals surface area contributed by atoms with Crippen molar-refractivity contribution in [3.63, 3.8) is 0 Å². The molecule has 8 heteroatoms. The molecule has 1 aliphatic carbocycles. The Balaban J connectivity index is 0.00000274. The molecule has 2 heterocycles. The molecule has 182 valence electrons. The lowest BCUT2D eigenvalue weighted by atomic mass is 10.0. The molecule has 0 radical (unpaired) electrons. The molecule has 1 aromatic heterocycles. The van der Waals surface area contributed by atoms with Crippen molar-refractivity contribution in [2.45, 2.75) is 51.6 Å². The molecule has 0 amide bonds. The van der Waals surface area contributed by atoms with E-state index in [0.29, 0.717) is 6.04 Å². The summed E-state index contributed by atoms with van der Waals surface area (Å²) in [4.78, 5) is 5.06. The van der Waals surface area contributed by atoms with E-state index in [1.165, 1.54) is 35.2 Å². The van der Waals surface area contributed by atoms with E-state index in [1.54, 1.807) is 7.11 Å². The van der Waals surface area contributed by atoms with Crippen molar-refractivity contribution in [2.24, 2.45) is 0 Å². The molecule has 0 N–H and O–H groups in total. The van der Waals surface area contributed by atoms with Crippen molar-refractivity contribution >= 4 is 18.1 Å². The number of nitrogens with zero attached hydrogens (tertiary/aromatic N) is 6. The Labute approximate surface area is 208 Å². The SMILES string of the molecule is COc1ccc(C(c2nnnn2C2CCCC2)N2CCN(c3cc(C)ccc3C)CC2)cc1.Cl. The van der Waals surface area contributed by atoms with E-state index in [-0.39, 0.29) is 18.4 Å². The molecule has 2 fully saturated rings. The normalized spacial score (nSPS) is 18.0. The van der Waals surface area contributed by atoms with Gasteiger partial charge in [-0.25, -0.2) is 4.68 Å². The van der Waals surface area contributed by atoms with Gasteiger partial charge >= 0.3 is 0 Å². The number of halogens is 1. The summed E-state index contributed by atoms with van der Waals surface area (Å²) in [5, 5.41) is 13.2. The molecule has 2 aliphatic rings. The second-order valence-corrected chi connectivity index (χ2v) is 9.41. The number of tetrazole rings is 1. The van der Waals surface area contributed by atoms with E-state index in [0.717, 1.165) is 50.6 Å². The predicted octanol–water partition coefficient (Wildman–Crippen LogP) is 4.75. The topological polar surface area (TPSA) is 59.3 Å². The van der Waals surface area contributed by atoms with Crippen molar-refractivity contribution in [1.82, 2.24) is 25.1 Å². The van der Waals surface area contributed by atoms with Gasteiger partial charge in [-0.15, -0.1) is 17.5 Å². The van der Waals surface area contributed by atoms with Gasteiger partial charge in [0, 0.05) is 31.9 Å². The Hall–Kier alpha value is -2.64. The zero-order valence-electron chi connectivity index (χ0n) is 20.4. The highest BCUT2D eigenvalue weighted by atomic mass is 35.5. The molecule has 7 nitrogen and oxygen atoms in total. The molecular weight excluding hydrogens is 448 g/mol. The van der Waals surface area contributed by atoms with Gasteiger partial charge in [-0.2, -0.15) is 0 Å². The number of anilines is 1. The van der Waals surface area contributed by atoms with Crippen molar-refractivity contribution in [3.05, 3.63) is 65.0 Å². The van der Waals surface area contributed by atoms with Gasteiger partial charge in [-0.05, 0) is 72.0 Å². The predicted molar refractivity (Wildman–Crippen MR) is 137 cm³/mol. The maximum atomic E-state index is 5.41. The summed E-state index contributed by atoms with van der Waals surface area (Å²) in [5.41, 5.74) is 5.22. The summed E-state index contributed by atoms with van der Waals surface area (Å²) in [6.45, 7) is 8.27. The van der Waals surface area contributed by atoms with Crippen molar-refractivity contribution in [2.75, 3.05) is 38.2 Å². The van der Waals surface area contributed by atoms with Gasteiger partial charge in [0.05, 0.1) is 19.2 Å². The first-order valence-corrected chi connectivity index (χ1v) is 12.1. The van der Waals surface area contributed by atoms with E-state index >= 15 is 0 Å². The fourth-order valence-electron chi connectivity index (χ4n) is 5.38. The summed E-state index contributed by atoms with van der Waals surface area (Å²) >= 11 is 0. The van der Waals surface area contributed by atoms with Crippen LogP contribution in [0.5, 0.6) is 5.75 Å². The summed E-state index contributed by atoms with van der Waals surface area (Å²) in [7, 11) is 1.71. The summed E-state index contributed by atoms with van der Waals surface area (Å²) < 4.78 is 7.52. The van der Waals surface area contributed by atoms with Gasteiger partial charge in [0.15, 0.2) is 5.82 Å². The molecule has 1 aliphatic heterocycles. The molecule has 0 bridgehead atoms. The second kappa shape index (κ2) is 10.7. The van der Waals surface area contributed by atoms with Crippen LogP contribution >= 0.6 is 12.4 Å². The fraction of sp³-hybridized carbons (Fsp3) is 0.500. The first kappa shape index (κ1) is 24.5. The van der Waals surface area contributed by atoms with Crippen LogP contribution in [-0.2, 0) is 0 Å². The molecule has 5 rings (SSSR count). The monoisotopic (exact) mass is 482 g/mol. The number of methoxy groups -OCH3 is 1. The van der Waals surface area contributed by atoms with Gasteiger partial charge in [0.2, 0.25) is 0 Å². The second-order valence-electron chi connectivity index (χ2n) is 9.41. The minimum Gasteiger partial charge on any atom is -0.497 e. The van der Waals surface area contributed by atoms with Crippen LogP contribution in [0.15, 0.2) is 42.5 Å². The Bertz CT molecular complexity index is 1070. The van der Waals surface area contributed by atoms with E-state index < -0.39 is 0 Å². The molecule has 2 aromatic carbocycles. The zero-order valence-corrected chi connectivity index (χ0v) is 21.2. The largest absolute Gasteiger partial charge is 0.497 e. The Kier molecular flexibility index (Phi) is 7.73. The quantitative estimate of drug-likeness (QED) is 0.505. The average Bonchev–Trinajstić information content (AvgIpc) is 3.54. The minimum atomic E-state index is 0. The van der Waals surface area contributed by atoms with Crippen LogP contribution in [0.4, 0.5) is 5.69 Å². The molecule has 1 saturated carbocycles. The molecule has 1 atom stereocenters. The van der Waals surface area contributed by atoms with E-state index in [4.69, 9.17) is 4.74 Å². The summed E-state index contributed by atoms with van der Waals surface area (Å²) in [5.74, 6) is 1.83. The number of benzene rings is 2. The summed E-state index contributed by atoms with van der Waals surface area (Å²) in [6, 6.07) is 15.6. The van der Waals surface area contributed by atoms with Crippen molar-refractivity contribution in [1.29, 1.82) is 0 Å². The third-order valence-corrected chi connectivity index (χ3v) is 7.25. The number of hydrogen-bond acceptors (Lipinski definition) is 6. The highest BCUT2D eigenvalue weighted by molar-refractivity contribution is 5.85. The van der Waals surface area contributed by atoms with Gasteiger partial charge in [0.25, 0.3) is 0 Å². The standard InChI is InChI=1S/C26H34N6O.ClH/c1-19-8-9-20(2)24(18-19)30-14-16-31(17-15-30)25(21-10-12-23(33-3)13-11-21)26-27-28-29-32(26)22-6-4-5-7-22;/h8-13,18,22,25H,4-7,14-17H2,1-3H3;1H. The van der Waals surface area contributed by atoms with Gasteiger partial charge in [0.1, 0.15) is 5.75 Å². The fourth-order valence-corrected chi connectivity index (χ4v) is 5.38. The van der Waals surface area contributed by atoms with Crippen molar-refractivity contribution in [3.8, 4) is 5.75 Å². The Morgan fingerprint density at radius 2 is 1.65 bits per heavy atom. The van der Waals surface area contributed by atoms with E-state index in [1.807, 2.05) is 12.1 Å². The molecule has 0 spiro atoms. The maximum absolute atomic E-state index is 5.41. The summed E-state index contributed by atoms with van der Waals surface area (Å²) in [6.07, 6.45) is 4.83. The Morgan fingerprint density at radius 3 is 2.32 bits per heavy atom. The first-order chi connectivity index (χ1) is 16.1. The van der Waals surface area contributed by atoms with E-state index in [9.17, 15) is 0 Å². The number of aromatic nitrogens is 4. The third kappa shape index (κ3) is 4.91. The van der Waals surface area contributed by atoms with Crippen LogP contribution in [0.25, 0.3) is 0 Å². The van der Waals surface area contributed by atoms with Crippen LogP contribution in [0, 0.1) is 13.8 Å². The van der Waals surface area contributed by atoms with Crippen LogP contribution in [0.3, 0.4) is 0 Å². The lowest BCUT2D eigenvalue weighted by Gasteiger charge is -2.40. The molecule has 1 saturated heterocycles. The lowest BCUT2D eigenvalue weighted by molar-refractivity contribution is 0.197. The van der Waals surface area contributed by atoms with Crippen LogP contribution in [0.2, 0.25) is 0 Å². The van der Waals surface area contributed by atoms with Crippen molar-refractivity contribution < 1.29 is 4.74 Å². The number of rotatable bonds is 6.